The Bertz CT molecular complexity index is 331. The molecule has 0 saturated heterocycles. The molecule has 1 aromatic rings. The zero-order valence-electron chi connectivity index (χ0n) is 8.28. The van der Waals surface area contributed by atoms with Crippen LogP contribution in [0.1, 0.15) is 6.92 Å². The summed E-state index contributed by atoms with van der Waals surface area (Å²) >= 11 is 0. The Morgan fingerprint density at radius 3 is 2.67 bits per heavy atom. The van der Waals surface area contributed by atoms with Gasteiger partial charge in [0.05, 0.1) is 6.61 Å². The van der Waals surface area contributed by atoms with Crippen LogP contribution in [0.15, 0.2) is 18.2 Å². The Hall–Kier alpha value is -1.20. The summed E-state index contributed by atoms with van der Waals surface area (Å²) in [5, 5.41) is 8.90. The molecule has 0 aliphatic carbocycles. The van der Waals surface area contributed by atoms with Crippen LogP contribution >= 0.6 is 0 Å². The molecule has 0 heterocycles. The quantitative estimate of drug-likeness (QED) is 0.792. The predicted octanol–water partition coefficient (Wildman–Crippen LogP) is 1.05. The van der Waals surface area contributed by atoms with Crippen molar-refractivity contribution in [2.24, 2.45) is 5.73 Å². The van der Waals surface area contributed by atoms with Gasteiger partial charge in [-0.15, -0.1) is 0 Å². The molecule has 0 aliphatic heterocycles. The molecule has 2 atom stereocenters. The van der Waals surface area contributed by atoms with Crippen molar-refractivity contribution in [3.05, 3.63) is 29.8 Å². The minimum absolute atomic E-state index is 0.244. The summed E-state index contributed by atoms with van der Waals surface area (Å²) in [6.45, 7) is 1.26. The van der Waals surface area contributed by atoms with Crippen molar-refractivity contribution in [2.45, 2.75) is 19.1 Å². The summed E-state index contributed by atoms with van der Waals surface area (Å²) in [6, 6.07) is 3.12. The predicted molar refractivity (Wildman–Crippen MR) is 51.5 cm³/mol. The highest BCUT2D eigenvalue weighted by atomic mass is 19.2. The number of hydrogen-bond acceptors (Lipinski definition) is 3. The van der Waals surface area contributed by atoms with Crippen molar-refractivity contribution in [3.8, 4) is 5.75 Å². The molecule has 0 aromatic heterocycles. The lowest BCUT2D eigenvalue weighted by Crippen LogP contribution is -2.39. The molecule has 0 bridgehead atoms. The van der Waals surface area contributed by atoms with Gasteiger partial charge in [0.25, 0.3) is 0 Å². The number of benzene rings is 1. The van der Waals surface area contributed by atoms with Crippen LogP contribution in [0.3, 0.4) is 0 Å². The lowest BCUT2D eigenvalue weighted by atomic mass is 10.2. The van der Waals surface area contributed by atoms with E-state index in [4.69, 9.17) is 15.6 Å². The maximum absolute atomic E-state index is 13.1. The van der Waals surface area contributed by atoms with Gasteiger partial charge in [-0.1, -0.05) is 6.07 Å². The Morgan fingerprint density at radius 1 is 1.47 bits per heavy atom. The first kappa shape index (κ1) is 11.9. The van der Waals surface area contributed by atoms with Crippen LogP contribution in [0, 0.1) is 11.6 Å². The van der Waals surface area contributed by atoms with E-state index in [9.17, 15) is 8.78 Å². The highest BCUT2D eigenvalue weighted by Gasteiger charge is 2.17. The summed E-state index contributed by atoms with van der Waals surface area (Å²) in [4.78, 5) is 0. The topological polar surface area (TPSA) is 55.5 Å². The number of ether oxygens (including phenoxy) is 1. The van der Waals surface area contributed by atoms with Crippen molar-refractivity contribution >= 4 is 0 Å². The van der Waals surface area contributed by atoms with Gasteiger partial charge in [-0.05, 0) is 19.1 Å². The van der Waals surface area contributed by atoms with Crippen molar-refractivity contribution in [2.75, 3.05) is 6.61 Å². The van der Waals surface area contributed by atoms with Gasteiger partial charge >= 0.3 is 0 Å². The van der Waals surface area contributed by atoms with Crippen LogP contribution in [-0.2, 0) is 0 Å². The third-order valence-corrected chi connectivity index (χ3v) is 1.96. The Kier molecular flexibility index (Phi) is 3.99. The maximum atomic E-state index is 13.1. The van der Waals surface area contributed by atoms with E-state index in [-0.39, 0.29) is 12.4 Å². The van der Waals surface area contributed by atoms with Gasteiger partial charge in [0.1, 0.15) is 6.10 Å². The largest absolute Gasteiger partial charge is 0.483 e. The van der Waals surface area contributed by atoms with E-state index in [0.717, 1.165) is 6.07 Å². The first-order chi connectivity index (χ1) is 7.06. The number of hydrogen-bond donors (Lipinski definition) is 2. The van der Waals surface area contributed by atoms with Crippen molar-refractivity contribution in [1.29, 1.82) is 0 Å². The Labute approximate surface area is 86.5 Å². The monoisotopic (exact) mass is 217 g/mol. The zero-order valence-corrected chi connectivity index (χ0v) is 8.28. The summed E-state index contributed by atoms with van der Waals surface area (Å²) in [7, 11) is 0. The van der Waals surface area contributed by atoms with E-state index in [1.807, 2.05) is 0 Å². The second-order valence-corrected chi connectivity index (χ2v) is 3.25. The van der Waals surface area contributed by atoms with Gasteiger partial charge < -0.3 is 15.6 Å². The average Bonchev–Trinajstić information content (AvgIpc) is 2.19. The fourth-order valence-electron chi connectivity index (χ4n) is 1.05. The van der Waals surface area contributed by atoms with Gasteiger partial charge in [-0.3, -0.25) is 0 Å². The normalized spacial score (nSPS) is 14.7. The fraction of sp³-hybridized carbons (Fsp3) is 0.400. The smallest absolute Gasteiger partial charge is 0.200 e. The van der Waals surface area contributed by atoms with Crippen molar-refractivity contribution in [1.82, 2.24) is 0 Å². The molecular formula is C10H13F2NO2. The maximum Gasteiger partial charge on any atom is 0.200 e. The molecule has 5 heteroatoms. The lowest BCUT2D eigenvalue weighted by molar-refractivity contribution is 0.0945. The van der Waals surface area contributed by atoms with Gasteiger partial charge in [0.2, 0.25) is 5.82 Å². The number of rotatable bonds is 4. The Morgan fingerprint density at radius 2 is 2.13 bits per heavy atom. The minimum atomic E-state index is -1.07. The minimum Gasteiger partial charge on any atom is -0.483 e. The fourth-order valence-corrected chi connectivity index (χ4v) is 1.05. The van der Waals surface area contributed by atoms with Crippen LogP contribution in [0.2, 0.25) is 0 Å². The summed E-state index contributed by atoms with van der Waals surface area (Å²) in [5.74, 6) is -2.31. The van der Waals surface area contributed by atoms with E-state index in [1.165, 1.54) is 12.1 Å². The SMILES string of the molecule is CC(N)C(CO)Oc1cccc(F)c1F. The van der Waals surface area contributed by atoms with Gasteiger partial charge in [0, 0.05) is 6.04 Å². The molecule has 1 aromatic carbocycles. The van der Waals surface area contributed by atoms with Crippen LogP contribution in [0.4, 0.5) is 8.78 Å². The van der Waals surface area contributed by atoms with Gasteiger partial charge in [-0.25, -0.2) is 4.39 Å². The molecule has 3 nitrogen and oxygen atoms in total. The molecule has 2 unspecified atom stereocenters. The van der Waals surface area contributed by atoms with E-state index in [1.54, 1.807) is 6.92 Å². The van der Waals surface area contributed by atoms with Gasteiger partial charge in [-0.2, -0.15) is 4.39 Å². The lowest BCUT2D eigenvalue weighted by Gasteiger charge is -2.20. The molecule has 0 aliphatic rings. The molecule has 0 radical (unpaired) electrons. The molecule has 0 amide bonds. The second kappa shape index (κ2) is 5.04. The molecule has 84 valence electrons. The molecule has 1 rings (SSSR count). The van der Waals surface area contributed by atoms with Gasteiger partial charge in [0.15, 0.2) is 11.6 Å². The van der Waals surface area contributed by atoms with Crippen LogP contribution in [-0.4, -0.2) is 23.9 Å². The van der Waals surface area contributed by atoms with E-state index < -0.39 is 23.8 Å². The third-order valence-electron chi connectivity index (χ3n) is 1.96. The molecule has 3 N–H and O–H groups in total. The molecule has 0 spiro atoms. The average molecular weight is 217 g/mol. The van der Waals surface area contributed by atoms with Crippen LogP contribution in [0.5, 0.6) is 5.75 Å². The third kappa shape index (κ3) is 2.87. The standard InChI is InChI=1S/C10H13F2NO2/c1-6(13)9(5-14)15-8-4-2-3-7(11)10(8)12/h2-4,6,9,14H,5,13H2,1H3. The number of nitrogens with two attached hydrogens (primary N) is 1. The molecule has 0 fully saturated rings. The summed E-state index contributed by atoms with van der Waals surface area (Å²) < 4.78 is 31.0. The molecule has 15 heavy (non-hydrogen) atoms. The van der Waals surface area contributed by atoms with E-state index >= 15 is 0 Å². The van der Waals surface area contributed by atoms with E-state index in [2.05, 4.69) is 0 Å². The number of aliphatic hydroxyl groups is 1. The summed E-state index contributed by atoms with van der Waals surface area (Å²) in [6.07, 6.45) is -0.749. The molecular weight excluding hydrogens is 204 g/mol. The second-order valence-electron chi connectivity index (χ2n) is 3.25. The summed E-state index contributed by atoms with van der Waals surface area (Å²) in [5.41, 5.74) is 5.48. The number of aliphatic hydroxyl groups excluding tert-OH is 1. The Balaban J connectivity index is 2.84. The highest BCUT2D eigenvalue weighted by Crippen LogP contribution is 2.20. The van der Waals surface area contributed by atoms with Crippen LogP contribution in [0.25, 0.3) is 0 Å². The number of halogens is 2. The first-order valence-corrected chi connectivity index (χ1v) is 4.53. The highest BCUT2D eigenvalue weighted by molar-refractivity contribution is 5.25. The zero-order chi connectivity index (χ0) is 11.4. The van der Waals surface area contributed by atoms with Crippen LogP contribution < -0.4 is 10.5 Å². The van der Waals surface area contributed by atoms with E-state index in [0.29, 0.717) is 0 Å². The van der Waals surface area contributed by atoms with Crippen molar-refractivity contribution in [3.63, 3.8) is 0 Å². The first-order valence-electron chi connectivity index (χ1n) is 4.53. The molecule has 0 saturated carbocycles. The van der Waals surface area contributed by atoms with Crippen molar-refractivity contribution < 1.29 is 18.6 Å².